The van der Waals surface area contributed by atoms with Gasteiger partial charge in [-0.3, -0.25) is 0 Å². The molecule has 0 aromatic carbocycles. The van der Waals surface area contributed by atoms with Crippen LogP contribution in [0.1, 0.15) is 13.8 Å². The van der Waals surface area contributed by atoms with E-state index in [9.17, 15) is 0 Å². The zero-order valence-corrected chi connectivity index (χ0v) is 9.20. The summed E-state index contributed by atoms with van der Waals surface area (Å²) in [7, 11) is 0. The van der Waals surface area contributed by atoms with E-state index in [1.165, 1.54) is 0 Å². The van der Waals surface area contributed by atoms with Crippen LogP contribution in [0, 0.1) is 5.92 Å². The summed E-state index contributed by atoms with van der Waals surface area (Å²) in [5.41, 5.74) is 0. The molecule has 15 heavy (non-hydrogen) atoms. The highest BCUT2D eigenvalue weighted by Crippen LogP contribution is 2.03. The molecule has 0 saturated heterocycles. The minimum atomic E-state index is 0.553. The molecule has 1 aromatic heterocycles. The van der Waals surface area contributed by atoms with E-state index in [1.807, 2.05) is 0 Å². The highest BCUT2D eigenvalue weighted by atomic mass is 15.3. The third-order valence-corrected chi connectivity index (χ3v) is 1.65. The molecule has 0 aliphatic rings. The highest BCUT2D eigenvalue weighted by molar-refractivity contribution is 5.37. The summed E-state index contributed by atoms with van der Waals surface area (Å²) < 4.78 is 0. The molecule has 5 heteroatoms. The van der Waals surface area contributed by atoms with Gasteiger partial charge in [0, 0.05) is 13.1 Å². The number of hydrogen-bond acceptors (Lipinski definition) is 5. The quantitative estimate of drug-likeness (QED) is 0.693. The summed E-state index contributed by atoms with van der Waals surface area (Å²) in [5, 5.41) is 13.9. The molecule has 82 valence electrons. The van der Waals surface area contributed by atoms with Crippen molar-refractivity contribution in [2.75, 3.05) is 23.7 Å². The zero-order chi connectivity index (χ0) is 11.1. The summed E-state index contributed by atoms with van der Waals surface area (Å²) in [6, 6.07) is 0. The van der Waals surface area contributed by atoms with Gasteiger partial charge in [0.1, 0.15) is 0 Å². The monoisotopic (exact) mass is 207 g/mol. The van der Waals surface area contributed by atoms with Crippen molar-refractivity contribution in [3.05, 3.63) is 18.9 Å². The van der Waals surface area contributed by atoms with Gasteiger partial charge in [-0.05, 0) is 5.92 Å². The van der Waals surface area contributed by atoms with Crippen molar-refractivity contribution in [3.8, 4) is 0 Å². The second kappa shape index (κ2) is 5.95. The Labute approximate surface area is 90.0 Å². The van der Waals surface area contributed by atoms with Gasteiger partial charge in [0.2, 0.25) is 5.95 Å². The van der Waals surface area contributed by atoms with Crippen molar-refractivity contribution in [1.82, 2.24) is 15.2 Å². The van der Waals surface area contributed by atoms with Gasteiger partial charge < -0.3 is 10.6 Å². The van der Waals surface area contributed by atoms with Crippen LogP contribution in [0.5, 0.6) is 0 Å². The van der Waals surface area contributed by atoms with Gasteiger partial charge in [-0.15, -0.1) is 11.7 Å². The van der Waals surface area contributed by atoms with Crippen molar-refractivity contribution < 1.29 is 0 Å². The molecule has 0 bridgehead atoms. The first-order valence-corrected chi connectivity index (χ1v) is 5.00. The first-order valence-electron chi connectivity index (χ1n) is 5.00. The fourth-order valence-electron chi connectivity index (χ4n) is 0.936. The summed E-state index contributed by atoms with van der Waals surface area (Å²) in [6.45, 7) is 9.38. The first kappa shape index (κ1) is 11.4. The molecule has 0 saturated carbocycles. The largest absolute Gasteiger partial charge is 0.365 e. The normalized spacial score (nSPS) is 10.1. The predicted octanol–water partition coefficient (Wildman–Crippen LogP) is 1.54. The molecule has 5 nitrogen and oxygen atoms in total. The fraction of sp³-hybridized carbons (Fsp3) is 0.500. The van der Waals surface area contributed by atoms with E-state index < -0.39 is 0 Å². The maximum absolute atomic E-state index is 4.24. The van der Waals surface area contributed by atoms with Crippen molar-refractivity contribution in [1.29, 1.82) is 0 Å². The molecule has 0 amide bonds. The molecule has 1 heterocycles. The lowest BCUT2D eigenvalue weighted by Crippen LogP contribution is -2.12. The Morgan fingerprint density at radius 2 is 2.27 bits per heavy atom. The molecule has 0 atom stereocenters. The average molecular weight is 207 g/mol. The third kappa shape index (κ3) is 4.39. The van der Waals surface area contributed by atoms with E-state index in [-0.39, 0.29) is 0 Å². The van der Waals surface area contributed by atoms with Crippen LogP contribution in [-0.2, 0) is 0 Å². The number of nitrogens with zero attached hydrogens (tertiary/aromatic N) is 3. The van der Waals surface area contributed by atoms with E-state index in [0.29, 0.717) is 24.2 Å². The number of nitrogens with one attached hydrogen (secondary N) is 2. The lowest BCUT2D eigenvalue weighted by atomic mass is 10.2. The van der Waals surface area contributed by atoms with Crippen LogP contribution in [0.15, 0.2) is 18.9 Å². The standard InChI is InChI=1S/C10H17N5/c1-4-5-11-9-7-13-15-10(14-9)12-6-8(2)3/h4,7-8H,1,5-6H2,2-3H3,(H2,11,12,14,15). The average Bonchev–Trinajstić information content (AvgIpc) is 2.24. The van der Waals surface area contributed by atoms with Crippen LogP contribution in [0.2, 0.25) is 0 Å². The zero-order valence-electron chi connectivity index (χ0n) is 9.20. The Morgan fingerprint density at radius 3 is 2.93 bits per heavy atom. The molecule has 0 aliphatic carbocycles. The lowest BCUT2D eigenvalue weighted by Gasteiger charge is -2.07. The van der Waals surface area contributed by atoms with E-state index in [1.54, 1.807) is 12.3 Å². The Morgan fingerprint density at radius 1 is 1.47 bits per heavy atom. The highest BCUT2D eigenvalue weighted by Gasteiger charge is 1.99. The van der Waals surface area contributed by atoms with E-state index in [0.717, 1.165) is 6.54 Å². The Bertz CT molecular complexity index is 310. The molecule has 1 rings (SSSR count). The minimum Gasteiger partial charge on any atom is -0.365 e. The molecule has 0 fully saturated rings. The topological polar surface area (TPSA) is 62.7 Å². The van der Waals surface area contributed by atoms with Crippen LogP contribution in [0.4, 0.5) is 11.8 Å². The van der Waals surface area contributed by atoms with Gasteiger partial charge >= 0.3 is 0 Å². The Hall–Kier alpha value is -1.65. The maximum atomic E-state index is 4.24. The second-order valence-corrected chi connectivity index (χ2v) is 3.61. The smallest absolute Gasteiger partial charge is 0.244 e. The van der Waals surface area contributed by atoms with Crippen LogP contribution < -0.4 is 10.6 Å². The summed E-state index contributed by atoms with van der Waals surface area (Å²) in [6.07, 6.45) is 3.35. The fourth-order valence-corrected chi connectivity index (χ4v) is 0.936. The number of hydrogen-bond donors (Lipinski definition) is 2. The van der Waals surface area contributed by atoms with Gasteiger partial charge in [0.25, 0.3) is 0 Å². The van der Waals surface area contributed by atoms with E-state index in [4.69, 9.17) is 0 Å². The summed E-state index contributed by atoms with van der Waals surface area (Å²) >= 11 is 0. The lowest BCUT2D eigenvalue weighted by molar-refractivity contribution is 0.682. The van der Waals surface area contributed by atoms with Gasteiger partial charge in [-0.1, -0.05) is 19.9 Å². The van der Waals surface area contributed by atoms with Gasteiger partial charge in [-0.25, -0.2) is 0 Å². The maximum Gasteiger partial charge on any atom is 0.244 e. The minimum absolute atomic E-state index is 0.553. The van der Waals surface area contributed by atoms with E-state index in [2.05, 4.69) is 46.2 Å². The van der Waals surface area contributed by atoms with Crippen LogP contribution in [-0.4, -0.2) is 28.3 Å². The van der Waals surface area contributed by atoms with Crippen LogP contribution in [0.3, 0.4) is 0 Å². The summed E-state index contributed by atoms with van der Waals surface area (Å²) in [5.74, 6) is 1.81. The number of rotatable bonds is 6. The van der Waals surface area contributed by atoms with Crippen molar-refractivity contribution >= 4 is 11.8 Å². The number of aromatic nitrogens is 3. The van der Waals surface area contributed by atoms with Gasteiger partial charge in [-0.2, -0.15) is 10.1 Å². The second-order valence-electron chi connectivity index (χ2n) is 3.61. The Balaban J connectivity index is 2.53. The molecular weight excluding hydrogens is 190 g/mol. The van der Waals surface area contributed by atoms with Gasteiger partial charge in [0.05, 0.1) is 6.20 Å². The molecule has 1 aromatic rings. The molecular formula is C10H17N5. The molecule has 0 aliphatic heterocycles. The molecule has 0 unspecified atom stereocenters. The molecule has 2 N–H and O–H groups in total. The SMILES string of the molecule is C=CCNc1cnnc(NCC(C)C)n1. The Kier molecular flexibility index (Phi) is 4.53. The van der Waals surface area contributed by atoms with Gasteiger partial charge in [0.15, 0.2) is 5.82 Å². The molecule has 0 spiro atoms. The third-order valence-electron chi connectivity index (χ3n) is 1.65. The predicted molar refractivity (Wildman–Crippen MR) is 61.8 cm³/mol. The van der Waals surface area contributed by atoms with E-state index >= 15 is 0 Å². The summed E-state index contributed by atoms with van der Waals surface area (Å²) in [4.78, 5) is 4.24. The molecule has 0 radical (unpaired) electrons. The van der Waals surface area contributed by atoms with Crippen LogP contribution in [0.25, 0.3) is 0 Å². The van der Waals surface area contributed by atoms with Crippen molar-refractivity contribution in [3.63, 3.8) is 0 Å². The number of anilines is 2. The van der Waals surface area contributed by atoms with Crippen molar-refractivity contribution in [2.45, 2.75) is 13.8 Å². The first-order chi connectivity index (χ1) is 7.22. The van der Waals surface area contributed by atoms with Crippen molar-refractivity contribution in [2.24, 2.45) is 5.92 Å². The van der Waals surface area contributed by atoms with Crippen LogP contribution >= 0.6 is 0 Å².